The zero-order valence-corrected chi connectivity index (χ0v) is 14.7. The third-order valence-corrected chi connectivity index (χ3v) is 5.08. The molecule has 1 aromatic rings. The Balaban J connectivity index is 1.45. The van der Waals surface area contributed by atoms with Crippen LogP contribution in [0.15, 0.2) is 24.3 Å². The van der Waals surface area contributed by atoms with Crippen LogP contribution in [0.25, 0.3) is 0 Å². The van der Waals surface area contributed by atoms with Crippen LogP contribution in [0.5, 0.6) is 5.75 Å². The van der Waals surface area contributed by atoms with E-state index in [0.29, 0.717) is 31.1 Å². The summed E-state index contributed by atoms with van der Waals surface area (Å²) >= 11 is 0. The van der Waals surface area contributed by atoms with Crippen molar-refractivity contribution in [1.82, 2.24) is 10.2 Å². The van der Waals surface area contributed by atoms with Crippen molar-refractivity contribution in [3.8, 4) is 5.75 Å². The summed E-state index contributed by atoms with van der Waals surface area (Å²) < 4.78 is 10.4. The molecule has 2 aliphatic rings. The van der Waals surface area contributed by atoms with Gasteiger partial charge in [-0.2, -0.15) is 0 Å². The van der Waals surface area contributed by atoms with Crippen molar-refractivity contribution in [2.45, 2.75) is 19.3 Å². The molecule has 2 saturated heterocycles. The molecule has 3 rings (SSSR count). The van der Waals surface area contributed by atoms with E-state index >= 15 is 0 Å². The van der Waals surface area contributed by atoms with Crippen LogP contribution in [0.3, 0.4) is 0 Å². The van der Waals surface area contributed by atoms with E-state index in [1.165, 1.54) is 0 Å². The summed E-state index contributed by atoms with van der Waals surface area (Å²) in [7, 11) is 1.60. The molecule has 1 N–H and O–H groups in total. The number of benzene rings is 1. The maximum absolute atomic E-state index is 12.5. The number of rotatable bonds is 5. The minimum absolute atomic E-state index is 0.00207. The number of nitrogens with zero attached hydrogens (tertiary/aromatic N) is 1. The summed E-state index contributed by atoms with van der Waals surface area (Å²) in [5.74, 6) is 1.32. The van der Waals surface area contributed by atoms with Crippen LogP contribution in [-0.4, -0.2) is 56.7 Å². The lowest BCUT2D eigenvalue weighted by atomic mass is 9.95. The Bertz CT molecular complexity index is 588. The number of piperidine rings is 1. The molecule has 0 bridgehead atoms. The molecule has 2 heterocycles. The Morgan fingerprint density at radius 3 is 2.52 bits per heavy atom. The molecule has 1 aromatic carbocycles. The van der Waals surface area contributed by atoms with Crippen molar-refractivity contribution < 1.29 is 19.1 Å². The number of methoxy groups -OCH3 is 1. The fraction of sp³-hybridized carbons (Fsp3) is 0.579. The lowest BCUT2D eigenvalue weighted by Crippen LogP contribution is -2.43. The molecule has 136 valence electrons. The van der Waals surface area contributed by atoms with Crippen LogP contribution >= 0.6 is 0 Å². The molecule has 25 heavy (non-hydrogen) atoms. The molecule has 0 saturated carbocycles. The van der Waals surface area contributed by atoms with Gasteiger partial charge in [-0.05, 0) is 43.5 Å². The largest absolute Gasteiger partial charge is 0.497 e. The predicted octanol–water partition coefficient (Wildman–Crippen LogP) is 1.70. The topological polar surface area (TPSA) is 67.9 Å². The van der Waals surface area contributed by atoms with Gasteiger partial charge in [0, 0.05) is 43.6 Å². The van der Waals surface area contributed by atoms with Gasteiger partial charge >= 0.3 is 0 Å². The van der Waals surface area contributed by atoms with E-state index in [9.17, 15) is 9.59 Å². The summed E-state index contributed by atoms with van der Waals surface area (Å²) in [6.07, 6.45) is 2.46. The van der Waals surface area contributed by atoms with Crippen LogP contribution in [0.4, 0.5) is 0 Å². The normalized spacial score (nSPS) is 21.2. The highest BCUT2D eigenvalue weighted by Crippen LogP contribution is 2.21. The van der Waals surface area contributed by atoms with E-state index in [4.69, 9.17) is 9.47 Å². The fourth-order valence-corrected chi connectivity index (χ4v) is 3.39. The number of carbonyl (C=O) groups is 2. The van der Waals surface area contributed by atoms with Gasteiger partial charge in [-0.3, -0.25) is 9.59 Å². The first-order valence-corrected chi connectivity index (χ1v) is 8.96. The molecule has 0 radical (unpaired) electrons. The molecule has 6 heteroatoms. The highest BCUT2D eigenvalue weighted by molar-refractivity contribution is 5.94. The molecule has 1 atom stereocenters. The van der Waals surface area contributed by atoms with Crippen LogP contribution in [0.2, 0.25) is 0 Å². The number of ether oxygens (including phenoxy) is 2. The van der Waals surface area contributed by atoms with Gasteiger partial charge in [-0.1, -0.05) is 0 Å². The molecule has 0 spiro atoms. The summed E-state index contributed by atoms with van der Waals surface area (Å²) in [6, 6.07) is 7.15. The van der Waals surface area contributed by atoms with Crippen molar-refractivity contribution >= 4 is 11.8 Å². The standard InChI is InChI=1S/C19H26N2O4/c1-24-17-4-2-16(3-5-17)19(23)21-9-6-15(7-10-21)18(22)20-12-14-8-11-25-13-14/h2-5,14-15H,6-13H2,1H3,(H,20,22)/t14-/m0/s1. The van der Waals surface area contributed by atoms with E-state index < -0.39 is 0 Å². The maximum Gasteiger partial charge on any atom is 0.253 e. The number of likely N-dealkylation sites (tertiary alicyclic amines) is 1. The zero-order chi connectivity index (χ0) is 17.6. The quantitative estimate of drug-likeness (QED) is 0.881. The number of hydrogen-bond acceptors (Lipinski definition) is 4. The summed E-state index contributed by atoms with van der Waals surface area (Å²) in [4.78, 5) is 26.7. The molecule has 0 aromatic heterocycles. The van der Waals surface area contributed by atoms with Crippen molar-refractivity contribution in [2.24, 2.45) is 11.8 Å². The van der Waals surface area contributed by atoms with Gasteiger partial charge in [0.2, 0.25) is 5.91 Å². The minimum atomic E-state index is 0.00207. The Kier molecular flexibility index (Phi) is 5.91. The third-order valence-electron chi connectivity index (χ3n) is 5.08. The molecule has 2 aliphatic heterocycles. The van der Waals surface area contributed by atoms with Crippen LogP contribution in [-0.2, 0) is 9.53 Å². The average Bonchev–Trinajstić information content (AvgIpc) is 3.19. The number of amides is 2. The smallest absolute Gasteiger partial charge is 0.253 e. The Morgan fingerprint density at radius 1 is 1.20 bits per heavy atom. The second-order valence-electron chi connectivity index (χ2n) is 6.77. The lowest BCUT2D eigenvalue weighted by molar-refractivity contribution is -0.126. The summed E-state index contributed by atoms with van der Waals surface area (Å²) in [6.45, 7) is 3.48. The van der Waals surface area contributed by atoms with E-state index in [2.05, 4.69) is 5.32 Å². The monoisotopic (exact) mass is 346 g/mol. The fourth-order valence-electron chi connectivity index (χ4n) is 3.39. The van der Waals surface area contributed by atoms with Gasteiger partial charge in [0.05, 0.1) is 13.7 Å². The van der Waals surface area contributed by atoms with E-state index in [0.717, 1.165) is 38.2 Å². The molecule has 0 aliphatic carbocycles. The summed E-state index contributed by atoms with van der Waals surface area (Å²) in [5, 5.41) is 3.05. The average molecular weight is 346 g/mol. The Hall–Kier alpha value is -2.08. The summed E-state index contributed by atoms with van der Waals surface area (Å²) in [5.41, 5.74) is 0.657. The minimum Gasteiger partial charge on any atom is -0.497 e. The second kappa shape index (κ2) is 8.34. The molecule has 2 fully saturated rings. The van der Waals surface area contributed by atoms with E-state index in [-0.39, 0.29) is 17.7 Å². The van der Waals surface area contributed by atoms with Crippen molar-refractivity contribution in [3.05, 3.63) is 29.8 Å². The maximum atomic E-state index is 12.5. The zero-order valence-electron chi connectivity index (χ0n) is 14.7. The van der Waals surface area contributed by atoms with Gasteiger partial charge in [0.1, 0.15) is 5.75 Å². The third kappa shape index (κ3) is 4.51. The molecular formula is C19H26N2O4. The number of carbonyl (C=O) groups excluding carboxylic acids is 2. The van der Waals surface area contributed by atoms with Gasteiger partial charge in [0.25, 0.3) is 5.91 Å². The van der Waals surface area contributed by atoms with Gasteiger partial charge < -0.3 is 19.7 Å². The highest BCUT2D eigenvalue weighted by Gasteiger charge is 2.28. The van der Waals surface area contributed by atoms with Crippen molar-refractivity contribution in [3.63, 3.8) is 0 Å². The van der Waals surface area contributed by atoms with Gasteiger partial charge in [-0.15, -0.1) is 0 Å². The SMILES string of the molecule is COc1ccc(C(=O)N2CCC(C(=O)NC[C@@H]3CCOC3)CC2)cc1. The Morgan fingerprint density at radius 2 is 1.92 bits per heavy atom. The molecule has 2 amide bonds. The first kappa shape index (κ1) is 17.7. The van der Waals surface area contributed by atoms with Gasteiger partial charge in [-0.25, -0.2) is 0 Å². The van der Waals surface area contributed by atoms with Gasteiger partial charge in [0.15, 0.2) is 0 Å². The first-order valence-electron chi connectivity index (χ1n) is 8.96. The first-order chi connectivity index (χ1) is 12.2. The predicted molar refractivity (Wildman–Crippen MR) is 93.6 cm³/mol. The number of nitrogens with one attached hydrogen (secondary N) is 1. The van der Waals surface area contributed by atoms with Crippen LogP contribution in [0, 0.1) is 11.8 Å². The lowest BCUT2D eigenvalue weighted by Gasteiger charge is -2.31. The Labute approximate surface area is 148 Å². The molecule has 0 unspecified atom stereocenters. The number of hydrogen-bond donors (Lipinski definition) is 1. The van der Waals surface area contributed by atoms with Crippen molar-refractivity contribution in [2.75, 3.05) is 40.0 Å². The van der Waals surface area contributed by atoms with Crippen LogP contribution < -0.4 is 10.1 Å². The second-order valence-corrected chi connectivity index (χ2v) is 6.77. The molecule has 6 nitrogen and oxygen atoms in total. The highest BCUT2D eigenvalue weighted by atomic mass is 16.5. The van der Waals surface area contributed by atoms with Crippen LogP contribution in [0.1, 0.15) is 29.6 Å². The van der Waals surface area contributed by atoms with E-state index in [1.807, 2.05) is 4.90 Å². The van der Waals surface area contributed by atoms with Crippen molar-refractivity contribution in [1.29, 1.82) is 0 Å². The van der Waals surface area contributed by atoms with E-state index in [1.54, 1.807) is 31.4 Å². The molecular weight excluding hydrogens is 320 g/mol.